The van der Waals surface area contributed by atoms with Gasteiger partial charge in [0, 0.05) is 41.9 Å². The minimum atomic E-state index is -0.348. The molecule has 3 aromatic rings. The number of nitrogens with one attached hydrogen (secondary N) is 1. The number of carbonyl (C=O) groups is 1. The van der Waals surface area contributed by atoms with Crippen LogP contribution in [0.4, 0.5) is 11.4 Å². The number of anilines is 1. The Morgan fingerprint density at radius 1 is 1.26 bits per heavy atom. The molecule has 0 saturated carbocycles. The third kappa shape index (κ3) is 5.11. The van der Waals surface area contributed by atoms with Crippen molar-refractivity contribution in [1.82, 2.24) is 10.3 Å². The van der Waals surface area contributed by atoms with E-state index >= 15 is 0 Å². The zero-order valence-corrected chi connectivity index (χ0v) is 18.9. The number of para-hydroxylation sites is 2. The molecule has 1 saturated heterocycles. The highest BCUT2D eigenvalue weighted by Crippen LogP contribution is 2.31. The molecule has 0 unspecified atom stereocenters. The standard InChI is InChI=1S/C22H24N4O3S2/c1-15-24-18(14-30-15)21-7-6-17(31-21)8-11-23-22(27)16-9-12-25(13-10-16)19-4-2-3-5-20(19)26(28)29/h2-7,14,16H,8-13H2,1H3,(H,23,27). The maximum atomic E-state index is 12.6. The molecule has 4 rings (SSSR count). The quantitative estimate of drug-likeness (QED) is 0.412. The number of amides is 1. The highest BCUT2D eigenvalue weighted by atomic mass is 32.1. The van der Waals surface area contributed by atoms with Crippen molar-refractivity contribution in [3.63, 3.8) is 0 Å². The molecule has 0 atom stereocenters. The van der Waals surface area contributed by atoms with Gasteiger partial charge in [0.2, 0.25) is 5.91 Å². The van der Waals surface area contributed by atoms with E-state index < -0.39 is 0 Å². The number of benzene rings is 1. The van der Waals surface area contributed by atoms with Gasteiger partial charge in [0.1, 0.15) is 5.69 Å². The first-order valence-corrected chi connectivity index (χ1v) is 12.0. The number of rotatable bonds is 7. The maximum Gasteiger partial charge on any atom is 0.292 e. The second-order valence-electron chi connectivity index (χ2n) is 7.57. The van der Waals surface area contributed by atoms with Crippen molar-refractivity contribution in [2.75, 3.05) is 24.5 Å². The van der Waals surface area contributed by atoms with Crippen LogP contribution in [0.3, 0.4) is 0 Å². The number of hydrogen-bond donors (Lipinski definition) is 1. The lowest BCUT2D eigenvalue weighted by Crippen LogP contribution is -2.41. The van der Waals surface area contributed by atoms with Crippen molar-refractivity contribution in [2.24, 2.45) is 5.92 Å². The normalized spacial score (nSPS) is 14.5. The summed E-state index contributed by atoms with van der Waals surface area (Å²) in [5, 5.41) is 17.5. The number of nitro groups is 1. The Morgan fingerprint density at radius 2 is 2.03 bits per heavy atom. The molecule has 0 bridgehead atoms. The lowest BCUT2D eigenvalue weighted by atomic mass is 9.95. The molecular weight excluding hydrogens is 432 g/mol. The Hall–Kier alpha value is -2.78. The van der Waals surface area contributed by atoms with Crippen molar-refractivity contribution in [1.29, 1.82) is 0 Å². The molecule has 2 aromatic heterocycles. The fourth-order valence-corrected chi connectivity index (χ4v) is 5.50. The highest BCUT2D eigenvalue weighted by Gasteiger charge is 2.27. The fraction of sp³-hybridized carbons (Fsp3) is 0.364. The van der Waals surface area contributed by atoms with Gasteiger partial charge in [-0.3, -0.25) is 14.9 Å². The molecule has 7 nitrogen and oxygen atoms in total. The van der Waals surface area contributed by atoms with Crippen LogP contribution in [-0.2, 0) is 11.2 Å². The number of thiazole rings is 1. The molecule has 1 aromatic carbocycles. The molecule has 1 N–H and O–H groups in total. The summed E-state index contributed by atoms with van der Waals surface area (Å²) in [5.41, 5.74) is 1.77. The van der Waals surface area contributed by atoms with Gasteiger partial charge in [-0.05, 0) is 44.4 Å². The third-order valence-corrected chi connectivity index (χ3v) is 7.43. The molecule has 162 valence electrons. The van der Waals surface area contributed by atoms with Crippen LogP contribution in [-0.4, -0.2) is 35.4 Å². The Labute approximate surface area is 188 Å². The summed E-state index contributed by atoms with van der Waals surface area (Å²) in [7, 11) is 0. The number of aromatic nitrogens is 1. The van der Waals surface area contributed by atoms with Crippen molar-refractivity contribution >= 4 is 40.0 Å². The van der Waals surface area contributed by atoms with Crippen molar-refractivity contribution in [2.45, 2.75) is 26.2 Å². The van der Waals surface area contributed by atoms with Crippen molar-refractivity contribution < 1.29 is 9.72 Å². The van der Waals surface area contributed by atoms with Crippen LogP contribution in [0.5, 0.6) is 0 Å². The van der Waals surface area contributed by atoms with Crippen LogP contribution in [0.1, 0.15) is 22.7 Å². The lowest BCUT2D eigenvalue weighted by molar-refractivity contribution is -0.384. The van der Waals surface area contributed by atoms with E-state index in [1.807, 2.05) is 17.9 Å². The monoisotopic (exact) mass is 456 g/mol. The van der Waals surface area contributed by atoms with E-state index in [9.17, 15) is 14.9 Å². The largest absolute Gasteiger partial charge is 0.366 e. The van der Waals surface area contributed by atoms with Crippen LogP contribution < -0.4 is 10.2 Å². The molecule has 0 aliphatic carbocycles. The average Bonchev–Trinajstić information content (AvgIpc) is 3.42. The fourth-order valence-electron chi connectivity index (χ4n) is 3.85. The summed E-state index contributed by atoms with van der Waals surface area (Å²) in [4.78, 5) is 32.4. The van der Waals surface area contributed by atoms with E-state index in [0.29, 0.717) is 38.2 Å². The first-order chi connectivity index (χ1) is 15.0. The summed E-state index contributed by atoms with van der Waals surface area (Å²) in [5.74, 6) is 0.0324. The predicted molar refractivity (Wildman–Crippen MR) is 125 cm³/mol. The number of piperidine rings is 1. The van der Waals surface area contributed by atoms with Gasteiger partial charge >= 0.3 is 0 Å². The van der Waals surface area contributed by atoms with Gasteiger partial charge in [0.05, 0.1) is 20.5 Å². The van der Waals surface area contributed by atoms with Crippen LogP contribution in [0, 0.1) is 23.0 Å². The molecule has 1 aliphatic rings. The van der Waals surface area contributed by atoms with E-state index in [-0.39, 0.29) is 22.4 Å². The highest BCUT2D eigenvalue weighted by molar-refractivity contribution is 7.16. The molecule has 1 fully saturated rings. The summed E-state index contributed by atoms with van der Waals surface area (Å²) < 4.78 is 0. The van der Waals surface area contributed by atoms with Crippen LogP contribution >= 0.6 is 22.7 Å². The van der Waals surface area contributed by atoms with Crippen molar-refractivity contribution in [3.8, 4) is 10.6 Å². The Bertz CT molecular complexity index is 1070. The molecule has 0 radical (unpaired) electrons. The minimum absolute atomic E-state index is 0.0455. The molecule has 31 heavy (non-hydrogen) atoms. The second kappa shape index (κ2) is 9.57. The predicted octanol–water partition coefficient (Wildman–Crippen LogP) is 4.66. The second-order valence-corrected chi connectivity index (χ2v) is 9.80. The maximum absolute atomic E-state index is 12.6. The number of hydrogen-bond acceptors (Lipinski definition) is 7. The van der Waals surface area contributed by atoms with E-state index in [1.165, 1.54) is 10.9 Å². The first kappa shape index (κ1) is 21.5. The number of nitrogens with zero attached hydrogens (tertiary/aromatic N) is 3. The number of thiophene rings is 1. The smallest absolute Gasteiger partial charge is 0.292 e. The number of nitro benzene ring substituents is 1. The van der Waals surface area contributed by atoms with Gasteiger partial charge < -0.3 is 10.2 Å². The summed E-state index contributed by atoms with van der Waals surface area (Å²) in [6.07, 6.45) is 2.20. The zero-order chi connectivity index (χ0) is 21.8. The van der Waals surface area contributed by atoms with E-state index in [2.05, 4.69) is 27.8 Å². The van der Waals surface area contributed by atoms with E-state index in [1.54, 1.807) is 34.8 Å². The van der Waals surface area contributed by atoms with Gasteiger partial charge in [-0.25, -0.2) is 4.98 Å². The van der Waals surface area contributed by atoms with Crippen LogP contribution in [0.25, 0.3) is 10.6 Å². The van der Waals surface area contributed by atoms with Crippen LogP contribution in [0.15, 0.2) is 41.8 Å². The summed E-state index contributed by atoms with van der Waals surface area (Å²) in [6, 6.07) is 11.0. The van der Waals surface area contributed by atoms with E-state index in [4.69, 9.17) is 0 Å². The zero-order valence-electron chi connectivity index (χ0n) is 17.2. The average molecular weight is 457 g/mol. The molecule has 1 amide bonds. The lowest BCUT2D eigenvalue weighted by Gasteiger charge is -2.32. The van der Waals surface area contributed by atoms with Gasteiger partial charge in [-0.1, -0.05) is 12.1 Å². The summed E-state index contributed by atoms with van der Waals surface area (Å²) >= 11 is 3.37. The van der Waals surface area contributed by atoms with Gasteiger partial charge in [0.25, 0.3) is 5.69 Å². The van der Waals surface area contributed by atoms with Gasteiger partial charge in [-0.2, -0.15) is 0 Å². The Balaban J connectivity index is 1.25. The first-order valence-electron chi connectivity index (χ1n) is 10.3. The Kier molecular flexibility index (Phi) is 6.62. The van der Waals surface area contributed by atoms with Crippen molar-refractivity contribution in [3.05, 3.63) is 61.8 Å². The molecular formula is C22H24N4O3S2. The SMILES string of the molecule is Cc1nc(-c2ccc(CCNC(=O)C3CCN(c4ccccc4[N+](=O)[O-])CC3)s2)cs1. The number of carbonyl (C=O) groups excluding carboxylic acids is 1. The molecule has 1 aliphatic heterocycles. The van der Waals surface area contributed by atoms with Gasteiger partial charge in [-0.15, -0.1) is 22.7 Å². The molecule has 9 heteroatoms. The summed E-state index contributed by atoms with van der Waals surface area (Å²) in [6.45, 7) is 3.90. The number of aryl methyl sites for hydroxylation is 1. The molecule has 0 spiro atoms. The van der Waals surface area contributed by atoms with E-state index in [0.717, 1.165) is 22.0 Å². The molecule has 3 heterocycles. The topological polar surface area (TPSA) is 88.4 Å². The third-order valence-electron chi connectivity index (χ3n) is 5.49. The van der Waals surface area contributed by atoms with Crippen LogP contribution in [0.2, 0.25) is 0 Å². The minimum Gasteiger partial charge on any atom is -0.366 e. The van der Waals surface area contributed by atoms with Gasteiger partial charge in [0.15, 0.2) is 0 Å². The Morgan fingerprint density at radius 3 is 2.74 bits per heavy atom.